The van der Waals surface area contributed by atoms with Crippen molar-refractivity contribution in [2.75, 3.05) is 11.9 Å². The minimum Gasteiger partial charge on any atom is -0.369 e. The van der Waals surface area contributed by atoms with Gasteiger partial charge in [0.25, 0.3) is 0 Å². The molecule has 0 unspecified atom stereocenters. The zero-order valence-electron chi connectivity index (χ0n) is 9.90. The third kappa shape index (κ3) is 2.28. The zero-order valence-corrected chi connectivity index (χ0v) is 11.5. The summed E-state index contributed by atoms with van der Waals surface area (Å²) in [5.74, 6) is 2.96. The van der Waals surface area contributed by atoms with E-state index in [1.165, 1.54) is 6.33 Å². The Balaban J connectivity index is 2.52. The van der Waals surface area contributed by atoms with Gasteiger partial charge >= 0.3 is 0 Å². The minimum atomic E-state index is 0.689. The number of aryl methyl sites for hydroxylation is 2. The van der Waals surface area contributed by atoms with Crippen LogP contribution in [-0.2, 0) is 0 Å². The van der Waals surface area contributed by atoms with E-state index >= 15 is 0 Å². The van der Waals surface area contributed by atoms with E-state index in [2.05, 4.69) is 41.3 Å². The summed E-state index contributed by atoms with van der Waals surface area (Å²) in [4.78, 5) is 12.6. The molecule has 2 rings (SSSR count). The first-order valence-corrected chi connectivity index (χ1v) is 6.07. The quantitative estimate of drug-likeness (QED) is 0.936. The largest absolute Gasteiger partial charge is 0.369 e. The molecule has 0 atom stereocenters. The van der Waals surface area contributed by atoms with Gasteiger partial charge in [0.2, 0.25) is 0 Å². The second kappa shape index (κ2) is 4.79. The third-order valence-electron chi connectivity index (χ3n) is 2.19. The summed E-state index contributed by atoms with van der Waals surface area (Å²) in [6, 6.07) is 0. The lowest BCUT2D eigenvalue weighted by molar-refractivity contribution is 0.793. The Bertz CT molecular complexity index is 536. The van der Waals surface area contributed by atoms with Gasteiger partial charge in [-0.2, -0.15) is 4.68 Å². The molecule has 0 bridgehead atoms. The number of hydrogen-bond acceptors (Lipinski definition) is 5. The van der Waals surface area contributed by atoms with Crippen molar-refractivity contribution < 1.29 is 0 Å². The van der Waals surface area contributed by atoms with Crippen molar-refractivity contribution in [2.24, 2.45) is 0 Å². The lowest BCUT2D eigenvalue weighted by atomic mass is 10.5. The smallest absolute Gasteiger partial charge is 0.175 e. The van der Waals surface area contributed by atoms with Crippen LogP contribution in [0.3, 0.4) is 0 Å². The lowest BCUT2D eigenvalue weighted by Crippen LogP contribution is -2.08. The van der Waals surface area contributed by atoms with Gasteiger partial charge < -0.3 is 5.32 Å². The minimum absolute atomic E-state index is 0.689. The van der Waals surface area contributed by atoms with Crippen molar-refractivity contribution in [3.05, 3.63) is 22.4 Å². The second-order valence-corrected chi connectivity index (χ2v) is 4.30. The van der Waals surface area contributed by atoms with E-state index in [-0.39, 0.29) is 0 Å². The molecule has 0 spiro atoms. The molecular formula is C10H13BrN6. The molecule has 0 fully saturated rings. The molecule has 90 valence electrons. The highest BCUT2D eigenvalue weighted by molar-refractivity contribution is 9.10. The second-order valence-electron chi connectivity index (χ2n) is 3.51. The van der Waals surface area contributed by atoms with E-state index in [0.717, 1.165) is 28.5 Å². The van der Waals surface area contributed by atoms with Gasteiger partial charge in [-0.15, -0.1) is 5.10 Å². The Morgan fingerprint density at radius 1 is 1.35 bits per heavy atom. The van der Waals surface area contributed by atoms with E-state index in [9.17, 15) is 0 Å². The fourth-order valence-corrected chi connectivity index (χ4v) is 2.03. The number of hydrogen-bond donors (Lipinski definition) is 1. The third-order valence-corrected chi connectivity index (χ3v) is 2.92. The fourth-order valence-electron chi connectivity index (χ4n) is 1.52. The molecule has 7 heteroatoms. The van der Waals surface area contributed by atoms with E-state index < -0.39 is 0 Å². The Morgan fingerprint density at radius 2 is 2.12 bits per heavy atom. The number of nitrogens with zero attached hydrogens (tertiary/aromatic N) is 5. The first-order chi connectivity index (χ1) is 8.13. The van der Waals surface area contributed by atoms with Gasteiger partial charge in [-0.05, 0) is 36.7 Å². The molecule has 0 amide bonds. The van der Waals surface area contributed by atoms with Crippen LogP contribution < -0.4 is 5.32 Å². The van der Waals surface area contributed by atoms with Gasteiger partial charge in [0, 0.05) is 6.54 Å². The summed E-state index contributed by atoms with van der Waals surface area (Å²) in [6.45, 7) is 6.55. The SMILES string of the molecule is CCNc1ncnc(-n2nc(C)nc2C)c1Br. The molecule has 2 aromatic heterocycles. The van der Waals surface area contributed by atoms with Gasteiger partial charge in [-0.25, -0.2) is 15.0 Å². The summed E-state index contributed by atoms with van der Waals surface area (Å²) in [6.07, 6.45) is 1.51. The summed E-state index contributed by atoms with van der Waals surface area (Å²) < 4.78 is 2.48. The average Bonchev–Trinajstić information content (AvgIpc) is 2.61. The van der Waals surface area contributed by atoms with Crippen LogP contribution in [0.5, 0.6) is 0 Å². The highest BCUT2D eigenvalue weighted by Crippen LogP contribution is 2.25. The normalized spacial score (nSPS) is 10.6. The topological polar surface area (TPSA) is 68.5 Å². The van der Waals surface area contributed by atoms with Gasteiger partial charge in [-0.1, -0.05) is 0 Å². The molecule has 2 aromatic rings. The van der Waals surface area contributed by atoms with Crippen LogP contribution in [0, 0.1) is 13.8 Å². The Hall–Kier alpha value is -1.50. The lowest BCUT2D eigenvalue weighted by Gasteiger charge is -2.09. The molecule has 6 nitrogen and oxygen atoms in total. The molecule has 0 saturated heterocycles. The van der Waals surface area contributed by atoms with Crippen LogP contribution in [0.25, 0.3) is 5.82 Å². The first kappa shape index (κ1) is 12.0. The van der Waals surface area contributed by atoms with Crippen LogP contribution in [0.15, 0.2) is 10.8 Å². The van der Waals surface area contributed by atoms with E-state index in [0.29, 0.717) is 5.82 Å². The molecule has 1 N–H and O–H groups in total. The summed E-state index contributed by atoms with van der Waals surface area (Å²) >= 11 is 3.49. The van der Waals surface area contributed by atoms with Crippen LogP contribution in [0.1, 0.15) is 18.6 Å². The number of rotatable bonds is 3. The van der Waals surface area contributed by atoms with Crippen LogP contribution in [0.4, 0.5) is 5.82 Å². The Morgan fingerprint density at radius 3 is 2.71 bits per heavy atom. The predicted octanol–water partition coefficient (Wildman–Crippen LogP) is 1.87. The van der Waals surface area contributed by atoms with Crippen molar-refractivity contribution in [1.29, 1.82) is 0 Å². The van der Waals surface area contributed by atoms with Crippen LogP contribution >= 0.6 is 15.9 Å². The van der Waals surface area contributed by atoms with Crippen LogP contribution in [0.2, 0.25) is 0 Å². The summed E-state index contributed by atoms with van der Waals surface area (Å²) in [5, 5.41) is 7.45. The number of aromatic nitrogens is 5. The van der Waals surface area contributed by atoms with Gasteiger partial charge in [0.15, 0.2) is 5.82 Å². The standard InChI is InChI=1S/C10H13BrN6/c1-4-12-9-8(11)10(14-5-13-9)17-7(3)15-6(2)16-17/h5H,4H2,1-3H3,(H,12,13,14). The molecule has 0 aromatic carbocycles. The maximum Gasteiger partial charge on any atom is 0.175 e. The summed E-state index contributed by atoms with van der Waals surface area (Å²) in [7, 11) is 0. The van der Waals surface area contributed by atoms with Gasteiger partial charge in [0.1, 0.15) is 28.3 Å². The van der Waals surface area contributed by atoms with Crippen LogP contribution in [-0.4, -0.2) is 31.3 Å². The number of nitrogens with one attached hydrogen (secondary N) is 1. The maximum absolute atomic E-state index is 4.30. The first-order valence-electron chi connectivity index (χ1n) is 5.28. The molecule has 2 heterocycles. The van der Waals surface area contributed by atoms with Crippen molar-refractivity contribution >= 4 is 21.7 Å². The van der Waals surface area contributed by atoms with E-state index in [1.807, 2.05) is 20.8 Å². The van der Waals surface area contributed by atoms with Gasteiger partial charge in [0.05, 0.1) is 0 Å². The van der Waals surface area contributed by atoms with Crippen molar-refractivity contribution in [2.45, 2.75) is 20.8 Å². The Labute approximate surface area is 108 Å². The Kier molecular flexibility index (Phi) is 3.37. The molecule has 0 aliphatic carbocycles. The molecular weight excluding hydrogens is 284 g/mol. The molecule has 0 aliphatic rings. The number of halogens is 1. The van der Waals surface area contributed by atoms with E-state index in [4.69, 9.17) is 0 Å². The van der Waals surface area contributed by atoms with Crippen molar-refractivity contribution in [3.63, 3.8) is 0 Å². The van der Waals surface area contributed by atoms with Gasteiger partial charge in [-0.3, -0.25) is 0 Å². The zero-order chi connectivity index (χ0) is 12.4. The molecule has 17 heavy (non-hydrogen) atoms. The molecule has 0 saturated carbocycles. The highest BCUT2D eigenvalue weighted by Gasteiger charge is 2.13. The average molecular weight is 297 g/mol. The highest BCUT2D eigenvalue weighted by atomic mass is 79.9. The molecule has 0 radical (unpaired) electrons. The predicted molar refractivity (Wildman–Crippen MR) is 68.3 cm³/mol. The fraction of sp³-hybridized carbons (Fsp3) is 0.400. The monoisotopic (exact) mass is 296 g/mol. The van der Waals surface area contributed by atoms with Crippen molar-refractivity contribution in [1.82, 2.24) is 24.7 Å². The van der Waals surface area contributed by atoms with Crippen molar-refractivity contribution in [3.8, 4) is 5.82 Å². The maximum atomic E-state index is 4.30. The molecule has 0 aliphatic heterocycles. The summed E-state index contributed by atoms with van der Waals surface area (Å²) in [5.41, 5.74) is 0. The number of anilines is 1. The van der Waals surface area contributed by atoms with E-state index in [1.54, 1.807) is 4.68 Å².